The molecule has 1 aromatic carbocycles. The predicted octanol–water partition coefficient (Wildman–Crippen LogP) is 2.88. The van der Waals surface area contributed by atoms with Crippen molar-refractivity contribution in [2.24, 2.45) is 11.8 Å². The van der Waals surface area contributed by atoms with E-state index in [2.05, 4.69) is 24.8 Å². The third-order valence-corrected chi connectivity index (χ3v) is 3.63. The number of carbonyl (C=O) groups is 1. The minimum Gasteiger partial charge on any atom is -0.377 e. The van der Waals surface area contributed by atoms with Crippen LogP contribution in [0.3, 0.4) is 0 Å². The van der Waals surface area contributed by atoms with E-state index < -0.39 is 0 Å². The van der Waals surface area contributed by atoms with Crippen molar-refractivity contribution >= 4 is 11.5 Å². The van der Waals surface area contributed by atoms with Crippen LogP contribution in [0.25, 0.3) is 0 Å². The number of aryl methyl sites for hydroxylation is 1. The maximum Gasteiger partial charge on any atom is 0.164 e. The Labute approximate surface area is 135 Å². The number of rotatable bonds is 2. The Morgan fingerprint density at radius 1 is 1.39 bits per heavy atom. The molecular formula is C15H20NOY-. The summed E-state index contributed by atoms with van der Waals surface area (Å²) in [6.07, 6.45) is 0.847. The van der Waals surface area contributed by atoms with Crippen LogP contribution < -0.4 is 4.90 Å². The third kappa shape index (κ3) is 2.70. The third-order valence-electron chi connectivity index (χ3n) is 3.63. The van der Waals surface area contributed by atoms with E-state index in [0.717, 1.165) is 12.0 Å². The molecule has 2 unspecified atom stereocenters. The van der Waals surface area contributed by atoms with Crippen molar-refractivity contribution in [1.29, 1.82) is 0 Å². The summed E-state index contributed by atoms with van der Waals surface area (Å²) in [5.41, 5.74) is 4.46. The van der Waals surface area contributed by atoms with E-state index in [1.54, 1.807) is 0 Å². The molecule has 0 N–H and O–H groups in total. The molecule has 0 saturated carbocycles. The Morgan fingerprint density at radius 3 is 2.50 bits per heavy atom. The molecule has 95 valence electrons. The Morgan fingerprint density at radius 2 is 2.00 bits per heavy atom. The molecule has 0 aromatic heterocycles. The molecule has 0 saturated heterocycles. The summed E-state index contributed by atoms with van der Waals surface area (Å²) in [4.78, 5) is 14.3. The number of hydrogen-bond acceptors (Lipinski definition) is 2. The molecule has 0 amide bonds. The topological polar surface area (TPSA) is 20.3 Å². The summed E-state index contributed by atoms with van der Waals surface area (Å²) in [5, 5.41) is 0. The zero-order chi connectivity index (χ0) is 12.7. The Bertz CT molecular complexity index is 466. The van der Waals surface area contributed by atoms with Crippen LogP contribution in [0.5, 0.6) is 0 Å². The fourth-order valence-electron chi connectivity index (χ4n) is 2.61. The van der Waals surface area contributed by atoms with Gasteiger partial charge in [0, 0.05) is 64.0 Å². The molecule has 2 atom stereocenters. The summed E-state index contributed by atoms with van der Waals surface area (Å²) in [6, 6.07) is 4.19. The fourth-order valence-corrected chi connectivity index (χ4v) is 2.61. The normalized spacial score (nSPS) is 19.2. The molecule has 18 heavy (non-hydrogen) atoms. The van der Waals surface area contributed by atoms with Gasteiger partial charge in [-0.1, -0.05) is 6.92 Å². The number of benzene rings is 1. The number of ketones is 1. The monoisotopic (exact) mass is 319 g/mol. The smallest absolute Gasteiger partial charge is 0.164 e. The van der Waals surface area contributed by atoms with E-state index in [-0.39, 0.29) is 50.3 Å². The van der Waals surface area contributed by atoms with E-state index in [9.17, 15) is 4.79 Å². The fraction of sp³-hybridized carbons (Fsp3) is 0.467. The zero-order valence-corrected chi connectivity index (χ0v) is 14.5. The van der Waals surface area contributed by atoms with Crippen molar-refractivity contribution in [3.8, 4) is 0 Å². The second-order valence-electron chi connectivity index (χ2n) is 5.34. The second-order valence-corrected chi connectivity index (χ2v) is 5.34. The van der Waals surface area contributed by atoms with Gasteiger partial charge in [0.15, 0.2) is 5.78 Å². The molecule has 0 heterocycles. The van der Waals surface area contributed by atoms with Crippen LogP contribution in [-0.2, 0) is 39.1 Å². The van der Waals surface area contributed by atoms with Gasteiger partial charge in [-0.05, 0) is 36.6 Å². The van der Waals surface area contributed by atoms with Crippen LogP contribution in [0.4, 0.5) is 5.69 Å². The van der Waals surface area contributed by atoms with Gasteiger partial charge in [0.2, 0.25) is 0 Å². The van der Waals surface area contributed by atoms with E-state index in [1.165, 1.54) is 16.8 Å². The minimum absolute atomic E-state index is 0. The Kier molecular flexibility index (Phi) is 5.14. The van der Waals surface area contributed by atoms with E-state index in [4.69, 9.17) is 0 Å². The van der Waals surface area contributed by atoms with Crippen LogP contribution in [0.2, 0.25) is 0 Å². The molecule has 1 aromatic rings. The zero-order valence-electron chi connectivity index (χ0n) is 11.7. The molecule has 1 radical (unpaired) electrons. The quantitative estimate of drug-likeness (QED) is 0.781. The first kappa shape index (κ1) is 15.9. The molecular weight excluding hydrogens is 299 g/mol. The first-order valence-electron chi connectivity index (χ1n) is 6.10. The number of fused-ring (bicyclic) bond motifs is 1. The van der Waals surface area contributed by atoms with Crippen LogP contribution in [-0.4, -0.2) is 19.9 Å². The second kappa shape index (κ2) is 5.84. The van der Waals surface area contributed by atoms with Gasteiger partial charge in [-0.3, -0.25) is 4.79 Å². The molecule has 1 aliphatic rings. The number of carbonyl (C=O) groups excluding carboxylic acids is 1. The molecule has 0 bridgehead atoms. The van der Waals surface area contributed by atoms with Gasteiger partial charge in [0.05, 0.1) is 0 Å². The Balaban J connectivity index is 0.00000162. The average molecular weight is 319 g/mol. The minimum atomic E-state index is 0. The van der Waals surface area contributed by atoms with Crippen molar-refractivity contribution < 1.29 is 37.5 Å². The SMILES string of the molecule is [CH2-]C(C)C1Cc2cc(N(C)C)c(C)cc2C1=O.[Y]. The maximum atomic E-state index is 12.2. The average Bonchev–Trinajstić information content (AvgIpc) is 2.55. The van der Waals surface area contributed by atoms with Gasteiger partial charge in [0.1, 0.15) is 0 Å². The van der Waals surface area contributed by atoms with Gasteiger partial charge in [-0.25, -0.2) is 0 Å². The van der Waals surface area contributed by atoms with Gasteiger partial charge in [-0.15, -0.1) is 0 Å². The Hall–Kier alpha value is -0.206. The molecule has 2 nitrogen and oxygen atoms in total. The van der Waals surface area contributed by atoms with Gasteiger partial charge in [-0.2, -0.15) is 5.92 Å². The standard InChI is InChI=1S/C15H20NO.Y/c1-9(2)12-7-11-8-14(16(4)5)10(3)6-13(11)15(12)17;/h6,8-9,12H,1,7H2,2-5H3;/q-1;. The summed E-state index contributed by atoms with van der Waals surface area (Å²) in [7, 11) is 4.07. The van der Waals surface area contributed by atoms with Crippen molar-refractivity contribution in [2.75, 3.05) is 19.0 Å². The largest absolute Gasteiger partial charge is 0.377 e. The molecule has 3 heteroatoms. The number of Topliss-reactive ketones (excluding diaryl/α,β-unsaturated/α-hetero) is 1. The first-order valence-corrected chi connectivity index (χ1v) is 6.10. The predicted molar refractivity (Wildman–Crippen MR) is 71.6 cm³/mol. The summed E-state index contributed by atoms with van der Waals surface area (Å²) < 4.78 is 0. The molecule has 0 spiro atoms. The van der Waals surface area contributed by atoms with Crippen LogP contribution in [0.1, 0.15) is 28.4 Å². The summed E-state index contributed by atoms with van der Waals surface area (Å²) >= 11 is 0. The van der Waals surface area contributed by atoms with E-state index in [1.807, 2.05) is 27.1 Å². The summed E-state index contributed by atoms with van der Waals surface area (Å²) in [6.45, 7) is 8.08. The number of nitrogens with zero attached hydrogens (tertiary/aromatic N) is 1. The van der Waals surface area contributed by atoms with Gasteiger partial charge in [0.25, 0.3) is 0 Å². The maximum absolute atomic E-state index is 12.2. The van der Waals surface area contributed by atoms with Crippen molar-refractivity contribution in [3.63, 3.8) is 0 Å². The van der Waals surface area contributed by atoms with Crippen LogP contribution >= 0.6 is 0 Å². The molecule has 1 aliphatic carbocycles. The molecule has 0 fully saturated rings. The van der Waals surface area contributed by atoms with Crippen LogP contribution in [0, 0.1) is 25.7 Å². The van der Waals surface area contributed by atoms with E-state index >= 15 is 0 Å². The number of anilines is 1. The first-order chi connectivity index (χ1) is 7.91. The van der Waals surface area contributed by atoms with Gasteiger partial charge >= 0.3 is 0 Å². The molecule has 2 rings (SSSR count). The van der Waals surface area contributed by atoms with Gasteiger partial charge < -0.3 is 11.8 Å². The van der Waals surface area contributed by atoms with Crippen molar-refractivity contribution in [2.45, 2.75) is 20.3 Å². The van der Waals surface area contributed by atoms with Crippen molar-refractivity contribution in [1.82, 2.24) is 0 Å². The van der Waals surface area contributed by atoms with Crippen LogP contribution in [0.15, 0.2) is 12.1 Å². The van der Waals surface area contributed by atoms with E-state index in [0.29, 0.717) is 0 Å². The summed E-state index contributed by atoms with van der Waals surface area (Å²) in [5.74, 6) is 0.524. The van der Waals surface area contributed by atoms with Crippen molar-refractivity contribution in [3.05, 3.63) is 35.7 Å². The number of hydrogen-bond donors (Lipinski definition) is 0. The molecule has 0 aliphatic heterocycles.